The number of carboxylic acid groups (broad SMARTS) is 1. The van der Waals surface area contributed by atoms with Gasteiger partial charge in [-0.15, -0.1) is 0 Å². The number of methoxy groups -OCH3 is 1. The maximum absolute atomic E-state index is 9.62. The first-order valence-corrected chi connectivity index (χ1v) is 8.09. The van der Waals surface area contributed by atoms with Gasteiger partial charge in [-0.25, -0.2) is 4.98 Å². The van der Waals surface area contributed by atoms with E-state index in [1.54, 1.807) is 7.11 Å². The topological polar surface area (TPSA) is 72.6 Å². The average Bonchev–Trinajstić information content (AvgIpc) is 3.12. The molecular weight excluding hydrogens is 338 g/mol. The zero-order valence-corrected chi connectivity index (χ0v) is 14.8. The predicted octanol–water partition coefficient (Wildman–Crippen LogP) is 4.41. The van der Waals surface area contributed by atoms with Crippen LogP contribution in [0.3, 0.4) is 0 Å². The Labute approximate surface area is 151 Å². The molecule has 0 aliphatic rings. The van der Waals surface area contributed by atoms with Gasteiger partial charge in [0.1, 0.15) is 11.4 Å². The number of para-hydroxylation sites is 1. The maximum Gasteiger partial charge on any atom is 0.316 e. The zero-order chi connectivity index (χ0) is 18.2. The van der Waals surface area contributed by atoms with Crippen LogP contribution in [-0.4, -0.2) is 28.4 Å². The van der Waals surface area contributed by atoms with E-state index in [1.165, 1.54) is 13.3 Å². The van der Waals surface area contributed by atoms with Crippen molar-refractivity contribution >= 4 is 18.6 Å². The second-order valence-electron chi connectivity index (χ2n) is 5.11. The fourth-order valence-electron chi connectivity index (χ4n) is 2.07. The molecule has 0 spiro atoms. The van der Waals surface area contributed by atoms with Crippen molar-refractivity contribution in [2.75, 3.05) is 7.11 Å². The van der Waals surface area contributed by atoms with Gasteiger partial charge in [-0.1, -0.05) is 42.5 Å². The number of nitrogens with zero attached hydrogens (tertiary/aromatic N) is 1. The van der Waals surface area contributed by atoms with E-state index in [0.717, 1.165) is 28.3 Å². The summed E-state index contributed by atoms with van der Waals surface area (Å²) in [5.41, 5.74) is 2.72. The third kappa shape index (κ3) is 4.87. The molecule has 25 heavy (non-hydrogen) atoms. The highest BCUT2D eigenvalue weighted by atomic mass is 32.1. The summed E-state index contributed by atoms with van der Waals surface area (Å²) in [4.78, 5) is 13.9. The molecule has 3 aromatic rings. The Hall–Kier alpha value is -2.73. The molecule has 0 saturated carbocycles. The number of oxazole rings is 1. The van der Waals surface area contributed by atoms with Crippen LogP contribution in [-0.2, 0) is 4.79 Å². The van der Waals surface area contributed by atoms with E-state index in [2.05, 4.69) is 17.6 Å². The van der Waals surface area contributed by atoms with Gasteiger partial charge < -0.3 is 14.3 Å². The molecule has 2 aromatic carbocycles. The summed E-state index contributed by atoms with van der Waals surface area (Å²) in [6.07, 6.45) is 1.46. The Bertz CT molecular complexity index is 815. The highest BCUT2D eigenvalue weighted by Crippen LogP contribution is 2.35. The van der Waals surface area contributed by atoms with Crippen LogP contribution < -0.4 is 4.74 Å². The lowest BCUT2D eigenvalue weighted by atomic mass is 10.1. The fourth-order valence-corrected chi connectivity index (χ4v) is 2.07. The van der Waals surface area contributed by atoms with Crippen LogP contribution >= 0.6 is 12.6 Å². The number of carbonyl (C=O) groups is 1. The Morgan fingerprint density at radius 3 is 2.36 bits per heavy atom. The number of carboxylic acids is 1. The molecule has 6 heteroatoms. The molecule has 0 aliphatic heterocycles. The molecule has 1 atom stereocenters. The number of thiol groups is 1. The summed E-state index contributed by atoms with van der Waals surface area (Å²) >= 11 is 3.59. The normalized spacial score (nSPS) is 11.2. The van der Waals surface area contributed by atoms with Gasteiger partial charge in [0.2, 0.25) is 0 Å². The smallest absolute Gasteiger partial charge is 0.316 e. The Kier molecular flexibility index (Phi) is 6.65. The molecular formula is C19H19NO4S. The Morgan fingerprint density at radius 2 is 1.76 bits per heavy atom. The largest absolute Gasteiger partial charge is 0.496 e. The zero-order valence-electron chi connectivity index (χ0n) is 13.9. The molecule has 0 radical (unpaired) electrons. The monoisotopic (exact) mass is 357 g/mol. The predicted molar refractivity (Wildman–Crippen MR) is 100 cm³/mol. The van der Waals surface area contributed by atoms with E-state index in [9.17, 15) is 4.79 Å². The van der Waals surface area contributed by atoms with Gasteiger partial charge in [0.05, 0.1) is 12.4 Å². The van der Waals surface area contributed by atoms with Gasteiger partial charge in [0, 0.05) is 11.1 Å². The van der Waals surface area contributed by atoms with Gasteiger partial charge in [0.25, 0.3) is 0 Å². The highest BCUT2D eigenvalue weighted by Gasteiger charge is 2.15. The van der Waals surface area contributed by atoms with Crippen LogP contribution in [0.5, 0.6) is 5.75 Å². The van der Waals surface area contributed by atoms with Crippen molar-refractivity contribution in [1.29, 1.82) is 0 Å². The summed E-state index contributed by atoms with van der Waals surface area (Å²) in [5, 5.41) is 7.38. The summed E-state index contributed by atoms with van der Waals surface area (Å²) in [5.74, 6) is 0.664. The number of hydrogen-bond donors (Lipinski definition) is 2. The first-order chi connectivity index (χ1) is 12.0. The number of hydrogen-bond acceptors (Lipinski definition) is 5. The van der Waals surface area contributed by atoms with E-state index in [4.69, 9.17) is 14.3 Å². The Morgan fingerprint density at radius 1 is 1.16 bits per heavy atom. The molecule has 1 N–H and O–H groups in total. The second kappa shape index (κ2) is 8.94. The lowest BCUT2D eigenvalue weighted by Gasteiger charge is -2.07. The molecule has 1 unspecified atom stereocenters. The highest BCUT2D eigenvalue weighted by molar-refractivity contribution is 7.81. The van der Waals surface area contributed by atoms with Crippen molar-refractivity contribution in [3.63, 3.8) is 0 Å². The number of benzene rings is 2. The third-order valence-electron chi connectivity index (χ3n) is 3.32. The maximum atomic E-state index is 9.62. The van der Waals surface area contributed by atoms with Crippen molar-refractivity contribution in [2.45, 2.75) is 12.2 Å². The SMILES string of the molecule is CC(S)C(=O)O.COc1ccccc1-c1ncoc1-c1ccccc1. The van der Waals surface area contributed by atoms with E-state index in [0.29, 0.717) is 0 Å². The van der Waals surface area contributed by atoms with Gasteiger partial charge >= 0.3 is 5.97 Å². The molecule has 0 aliphatic carbocycles. The first kappa shape index (κ1) is 18.6. The minimum absolute atomic E-state index is 0.537. The average molecular weight is 357 g/mol. The molecule has 3 rings (SSSR count). The van der Waals surface area contributed by atoms with Crippen molar-refractivity contribution in [3.8, 4) is 28.3 Å². The van der Waals surface area contributed by atoms with Gasteiger partial charge in [-0.05, 0) is 19.1 Å². The van der Waals surface area contributed by atoms with Crippen LogP contribution in [0.1, 0.15) is 6.92 Å². The number of rotatable bonds is 4. The quantitative estimate of drug-likeness (QED) is 0.677. The molecule has 0 saturated heterocycles. The van der Waals surface area contributed by atoms with Crippen LogP contribution in [0, 0.1) is 0 Å². The van der Waals surface area contributed by atoms with Crippen LogP contribution in [0.4, 0.5) is 0 Å². The van der Waals surface area contributed by atoms with Gasteiger partial charge in [0.15, 0.2) is 12.2 Å². The number of aromatic nitrogens is 1. The summed E-state index contributed by atoms with van der Waals surface area (Å²) < 4.78 is 10.9. The summed E-state index contributed by atoms with van der Waals surface area (Å²) in [7, 11) is 1.65. The molecule has 0 bridgehead atoms. The fraction of sp³-hybridized carbons (Fsp3) is 0.158. The van der Waals surface area contributed by atoms with Crippen molar-refractivity contribution in [1.82, 2.24) is 4.98 Å². The summed E-state index contributed by atoms with van der Waals surface area (Å²) in [6.45, 7) is 1.51. The van der Waals surface area contributed by atoms with Crippen LogP contribution in [0.15, 0.2) is 65.4 Å². The van der Waals surface area contributed by atoms with Crippen molar-refractivity contribution < 1.29 is 19.1 Å². The summed E-state index contributed by atoms with van der Waals surface area (Å²) in [6, 6.07) is 17.7. The standard InChI is InChI=1S/C16H13NO2.C3H6O2S/c1-18-14-10-6-5-9-13(14)15-16(19-11-17-15)12-7-3-2-4-8-12;1-2(6)3(4)5/h2-11H,1H3;2,6H,1H3,(H,4,5). The molecule has 130 valence electrons. The molecule has 5 nitrogen and oxygen atoms in total. The molecule has 1 aromatic heterocycles. The van der Waals surface area contributed by atoms with Crippen molar-refractivity contribution in [2.24, 2.45) is 0 Å². The van der Waals surface area contributed by atoms with Gasteiger partial charge in [-0.2, -0.15) is 12.6 Å². The Balaban J connectivity index is 0.000000326. The third-order valence-corrected chi connectivity index (χ3v) is 3.54. The van der Waals surface area contributed by atoms with Gasteiger partial charge in [-0.3, -0.25) is 4.79 Å². The van der Waals surface area contributed by atoms with E-state index < -0.39 is 11.2 Å². The minimum Gasteiger partial charge on any atom is -0.496 e. The molecule has 0 amide bonds. The van der Waals surface area contributed by atoms with Crippen LogP contribution in [0.2, 0.25) is 0 Å². The molecule has 1 heterocycles. The first-order valence-electron chi connectivity index (χ1n) is 7.57. The second-order valence-corrected chi connectivity index (χ2v) is 5.89. The lowest BCUT2D eigenvalue weighted by molar-refractivity contribution is -0.136. The minimum atomic E-state index is -0.877. The van der Waals surface area contributed by atoms with Crippen molar-refractivity contribution in [3.05, 3.63) is 61.0 Å². The van der Waals surface area contributed by atoms with Crippen LogP contribution in [0.25, 0.3) is 22.6 Å². The number of aliphatic carboxylic acids is 1. The van der Waals surface area contributed by atoms with E-state index in [-0.39, 0.29) is 0 Å². The van der Waals surface area contributed by atoms with E-state index in [1.807, 2.05) is 54.6 Å². The number of ether oxygens (including phenoxy) is 1. The van der Waals surface area contributed by atoms with E-state index >= 15 is 0 Å². The molecule has 0 fully saturated rings. The lowest BCUT2D eigenvalue weighted by Crippen LogP contribution is -2.06.